The molecule has 8 nitrogen and oxygen atoms in total. The minimum absolute atomic E-state index is 0.0962. The molecule has 0 radical (unpaired) electrons. The average Bonchev–Trinajstić information content (AvgIpc) is 3.36. The zero-order chi connectivity index (χ0) is 26.2. The van der Waals surface area contributed by atoms with Gasteiger partial charge in [0.05, 0.1) is 25.6 Å². The number of anilines is 1. The summed E-state index contributed by atoms with van der Waals surface area (Å²) in [6.45, 7) is 2.04. The van der Waals surface area contributed by atoms with Gasteiger partial charge in [0.2, 0.25) is 17.8 Å². The highest BCUT2D eigenvalue weighted by Crippen LogP contribution is 2.31. The number of carbonyl (C=O) groups excluding carboxylic acids is 2. The number of carbonyl (C=O) groups is 2. The molecular formula is C29H30N4O4. The number of hydrogen-bond acceptors (Lipinski definition) is 5. The van der Waals surface area contributed by atoms with E-state index in [4.69, 9.17) is 14.5 Å². The third kappa shape index (κ3) is 6.16. The van der Waals surface area contributed by atoms with Crippen molar-refractivity contribution in [3.63, 3.8) is 0 Å². The number of nitrogens with zero attached hydrogens (tertiary/aromatic N) is 3. The number of rotatable bonds is 10. The van der Waals surface area contributed by atoms with Crippen LogP contribution in [0.1, 0.15) is 18.9 Å². The lowest BCUT2D eigenvalue weighted by atomic mass is 10.2. The van der Waals surface area contributed by atoms with Gasteiger partial charge < -0.3 is 14.4 Å². The van der Waals surface area contributed by atoms with Gasteiger partial charge in [-0.2, -0.15) is 0 Å². The quantitative estimate of drug-likeness (QED) is 0.335. The summed E-state index contributed by atoms with van der Waals surface area (Å²) in [4.78, 5) is 32.1. The average molecular weight is 499 g/mol. The lowest BCUT2D eigenvalue weighted by Gasteiger charge is -2.22. The molecule has 0 saturated carbocycles. The number of aromatic nitrogens is 2. The predicted octanol–water partition coefficient (Wildman–Crippen LogP) is 4.93. The summed E-state index contributed by atoms with van der Waals surface area (Å²) in [5.41, 5.74) is 3.28. The maximum Gasteiger partial charge on any atom is 0.246 e. The summed E-state index contributed by atoms with van der Waals surface area (Å²) < 4.78 is 12.6. The third-order valence-corrected chi connectivity index (χ3v) is 5.88. The normalized spacial score (nSPS) is 10.6. The fourth-order valence-corrected chi connectivity index (χ4v) is 3.99. The van der Waals surface area contributed by atoms with E-state index in [1.807, 2.05) is 79.0 Å². The Hall–Kier alpha value is -4.59. The Balaban J connectivity index is 1.64. The zero-order valence-corrected chi connectivity index (χ0v) is 21.2. The molecule has 37 heavy (non-hydrogen) atoms. The van der Waals surface area contributed by atoms with E-state index in [1.54, 1.807) is 36.7 Å². The van der Waals surface area contributed by atoms with Crippen molar-refractivity contribution in [3.05, 3.63) is 90.6 Å². The van der Waals surface area contributed by atoms with Gasteiger partial charge in [-0.3, -0.25) is 19.5 Å². The second-order valence-corrected chi connectivity index (χ2v) is 8.36. The molecule has 0 aliphatic heterocycles. The van der Waals surface area contributed by atoms with Crippen molar-refractivity contribution in [3.8, 4) is 28.4 Å². The molecule has 1 heterocycles. The Bertz CT molecular complexity index is 1350. The highest BCUT2D eigenvalue weighted by atomic mass is 16.5. The lowest BCUT2D eigenvalue weighted by Crippen LogP contribution is -2.37. The maximum atomic E-state index is 13.2. The highest BCUT2D eigenvalue weighted by molar-refractivity contribution is 5.93. The zero-order valence-electron chi connectivity index (χ0n) is 21.2. The molecule has 0 atom stereocenters. The van der Waals surface area contributed by atoms with Crippen molar-refractivity contribution in [2.24, 2.45) is 0 Å². The molecule has 0 aliphatic rings. The molecule has 0 aliphatic carbocycles. The van der Waals surface area contributed by atoms with Crippen LogP contribution in [0.2, 0.25) is 0 Å². The number of ether oxygens (including phenoxy) is 2. The van der Waals surface area contributed by atoms with E-state index in [9.17, 15) is 9.59 Å². The van der Waals surface area contributed by atoms with E-state index in [1.165, 1.54) is 0 Å². The monoisotopic (exact) mass is 498 g/mol. The Morgan fingerprint density at radius 1 is 0.919 bits per heavy atom. The Labute approximate surface area is 216 Å². The Kier molecular flexibility index (Phi) is 8.20. The molecule has 1 aromatic heterocycles. The molecular weight excluding hydrogens is 468 g/mol. The van der Waals surface area contributed by atoms with E-state index in [-0.39, 0.29) is 18.4 Å². The molecule has 0 spiro atoms. The fourth-order valence-electron chi connectivity index (χ4n) is 3.99. The van der Waals surface area contributed by atoms with Crippen LogP contribution in [-0.4, -0.2) is 47.0 Å². The SMILES string of the molecule is CCC(=O)N(CC(=O)Nc1nc(-c2ccccc2)cn1-c1ccc(OC)c(OC)c1)Cc1ccccc1. The molecule has 190 valence electrons. The molecule has 8 heteroatoms. The number of imidazole rings is 1. The van der Waals surface area contributed by atoms with Crippen LogP contribution in [-0.2, 0) is 16.1 Å². The summed E-state index contributed by atoms with van der Waals surface area (Å²) in [5.74, 6) is 1.03. The first-order chi connectivity index (χ1) is 18.0. The smallest absolute Gasteiger partial charge is 0.246 e. The van der Waals surface area contributed by atoms with Crippen LogP contribution in [0.3, 0.4) is 0 Å². The van der Waals surface area contributed by atoms with E-state index < -0.39 is 0 Å². The third-order valence-electron chi connectivity index (χ3n) is 5.88. The first-order valence-corrected chi connectivity index (χ1v) is 12.0. The lowest BCUT2D eigenvalue weighted by molar-refractivity contribution is -0.135. The standard InChI is InChI=1S/C29H30N4O4/c1-4-28(35)32(18-21-11-7-5-8-12-21)20-27(34)31-29-30-24(22-13-9-6-10-14-22)19-33(29)23-15-16-25(36-2)26(17-23)37-3/h5-17,19H,4,18,20H2,1-3H3,(H,30,31,34). The highest BCUT2D eigenvalue weighted by Gasteiger charge is 2.20. The van der Waals surface area contributed by atoms with Gasteiger partial charge in [-0.1, -0.05) is 67.6 Å². The van der Waals surface area contributed by atoms with Gasteiger partial charge in [0.1, 0.15) is 6.54 Å². The van der Waals surface area contributed by atoms with Crippen LogP contribution in [0.5, 0.6) is 11.5 Å². The number of amides is 2. The molecule has 3 aromatic carbocycles. The van der Waals surface area contributed by atoms with Crippen molar-refractivity contribution >= 4 is 17.8 Å². The van der Waals surface area contributed by atoms with Gasteiger partial charge in [-0.05, 0) is 17.7 Å². The molecule has 0 bridgehead atoms. The molecule has 4 aromatic rings. The van der Waals surface area contributed by atoms with Gasteiger partial charge in [-0.15, -0.1) is 0 Å². The van der Waals surface area contributed by atoms with Gasteiger partial charge in [0.15, 0.2) is 11.5 Å². The number of methoxy groups -OCH3 is 2. The molecule has 1 N–H and O–H groups in total. The van der Waals surface area contributed by atoms with Crippen LogP contribution in [0.25, 0.3) is 16.9 Å². The predicted molar refractivity (Wildman–Crippen MR) is 143 cm³/mol. The summed E-state index contributed by atoms with van der Waals surface area (Å²) in [7, 11) is 3.15. The molecule has 0 fully saturated rings. The molecule has 4 rings (SSSR count). The van der Waals surface area contributed by atoms with Crippen LogP contribution in [0.4, 0.5) is 5.95 Å². The molecule has 0 unspecified atom stereocenters. The van der Waals surface area contributed by atoms with Crippen LogP contribution in [0, 0.1) is 0 Å². The van der Waals surface area contributed by atoms with E-state index in [0.29, 0.717) is 36.1 Å². The van der Waals surface area contributed by atoms with Crippen LogP contribution < -0.4 is 14.8 Å². The van der Waals surface area contributed by atoms with Crippen molar-refractivity contribution in [2.75, 3.05) is 26.1 Å². The van der Waals surface area contributed by atoms with Crippen molar-refractivity contribution < 1.29 is 19.1 Å². The number of nitrogens with one attached hydrogen (secondary N) is 1. The van der Waals surface area contributed by atoms with Crippen LogP contribution in [0.15, 0.2) is 85.1 Å². The first kappa shape index (κ1) is 25.5. The Morgan fingerprint density at radius 3 is 2.24 bits per heavy atom. The van der Waals surface area contributed by atoms with Gasteiger partial charge in [-0.25, -0.2) is 4.98 Å². The number of benzene rings is 3. The second-order valence-electron chi connectivity index (χ2n) is 8.36. The molecule has 0 saturated heterocycles. The van der Waals surface area contributed by atoms with Gasteiger partial charge >= 0.3 is 0 Å². The van der Waals surface area contributed by atoms with Crippen molar-refractivity contribution in [1.82, 2.24) is 14.5 Å². The minimum Gasteiger partial charge on any atom is -0.493 e. The van der Waals surface area contributed by atoms with E-state index in [2.05, 4.69) is 5.32 Å². The fraction of sp³-hybridized carbons (Fsp3) is 0.207. The summed E-state index contributed by atoms with van der Waals surface area (Å²) in [6.07, 6.45) is 2.16. The van der Waals surface area contributed by atoms with Gasteiger partial charge in [0.25, 0.3) is 0 Å². The summed E-state index contributed by atoms with van der Waals surface area (Å²) in [6, 6.07) is 24.8. The summed E-state index contributed by atoms with van der Waals surface area (Å²) >= 11 is 0. The number of hydrogen-bond donors (Lipinski definition) is 1. The first-order valence-electron chi connectivity index (χ1n) is 12.0. The second kappa shape index (κ2) is 11.9. The van der Waals surface area contributed by atoms with Crippen molar-refractivity contribution in [2.45, 2.75) is 19.9 Å². The van der Waals surface area contributed by atoms with E-state index >= 15 is 0 Å². The Morgan fingerprint density at radius 2 is 1.59 bits per heavy atom. The van der Waals surface area contributed by atoms with Crippen molar-refractivity contribution in [1.29, 1.82) is 0 Å². The molecule has 2 amide bonds. The largest absolute Gasteiger partial charge is 0.493 e. The van der Waals surface area contributed by atoms with Crippen LogP contribution >= 0.6 is 0 Å². The van der Waals surface area contributed by atoms with Gasteiger partial charge in [0, 0.05) is 30.8 Å². The van der Waals surface area contributed by atoms with E-state index in [0.717, 1.165) is 16.8 Å². The summed E-state index contributed by atoms with van der Waals surface area (Å²) in [5, 5.41) is 2.91. The topological polar surface area (TPSA) is 85.7 Å². The maximum absolute atomic E-state index is 13.2. The minimum atomic E-state index is -0.343.